The molecule has 0 bridgehead atoms. The highest BCUT2D eigenvalue weighted by Gasteiger charge is 2.53. The number of ether oxygens (including phenoxy) is 3. The van der Waals surface area contributed by atoms with Crippen LogP contribution in [0.25, 0.3) is 0 Å². The van der Waals surface area contributed by atoms with Crippen LogP contribution in [0.2, 0.25) is 0 Å². The third kappa shape index (κ3) is 2.73. The van der Waals surface area contributed by atoms with Crippen molar-refractivity contribution in [3.63, 3.8) is 0 Å². The van der Waals surface area contributed by atoms with Gasteiger partial charge in [-0.1, -0.05) is 15.9 Å². The minimum atomic E-state index is -1.17. The molecule has 1 spiro atoms. The maximum atomic E-state index is 11.1. The zero-order valence-corrected chi connectivity index (χ0v) is 12.8. The highest BCUT2D eigenvalue weighted by atomic mass is 79.9. The van der Waals surface area contributed by atoms with Gasteiger partial charge in [0, 0.05) is 16.5 Å². The number of benzene rings is 1. The van der Waals surface area contributed by atoms with Gasteiger partial charge in [0.05, 0.1) is 12.7 Å². The van der Waals surface area contributed by atoms with Gasteiger partial charge in [-0.05, 0) is 31.0 Å². The standard InChI is InChI=1S/C14H16BrNO5/c15-9-3-4-11-8(6-9)7-19-14(21-11)5-1-2-10(17)12(14)20-13(16)18/h3-4,6,10,12,17H,1-2,5,7H2,(H2,16,18)/t10-,12-,14+/m1/s1. The molecule has 114 valence electrons. The Kier molecular flexibility index (Phi) is 3.81. The molecule has 1 fully saturated rings. The molecule has 0 unspecified atom stereocenters. The van der Waals surface area contributed by atoms with Gasteiger partial charge in [0.2, 0.25) is 0 Å². The van der Waals surface area contributed by atoms with Gasteiger partial charge in [0.15, 0.2) is 6.10 Å². The Morgan fingerprint density at radius 3 is 3.10 bits per heavy atom. The van der Waals surface area contributed by atoms with E-state index in [0.29, 0.717) is 31.6 Å². The summed E-state index contributed by atoms with van der Waals surface area (Å²) in [5, 5.41) is 10.1. The smallest absolute Gasteiger partial charge is 0.405 e. The number of nitrogens with two attached hydrogens (primary N) is 1. The number of halogens is 1. The molecular formula is C14H16BrNO5. The minimum absolute atomic E-state index is 0.320. The van der Waals surface area contributed by atoms with E-state index in [2.05, 4.69) is 15.9 Å². The van der Waals surface area contributed by atoms with Crippen LogP contribution < -0.4 is 10.5 Å². The van der Waals surface area contributed by atoms with E-state index in [9.17, 15) is 9.90 Å². The van der Waals surface area contributed by atoms with Gasteiger partial charge in [-0.15, -0.1) is 0 Å². The number of rotatable bonds is 1. The van der Waals surface area contributed by atoms with Crippen molar-refractivity contribution < 1.29 is 24.1 Å². The third-order valence-electron chi connectivity index (χ3n) is 3.83. The van der Waals surface area contributed by atoms with Gasteiger partial charge < -0.3 is 25.1 Å². The van der Waals surface area contributed by atoms with Crippen molar-refractivity contribution in [2.24, 2.45) is 5.73 Å². The first-order chi connectivity index (χ1) is 10.00. The van der Waals surface area contributed by atoms with Crippen LogP contribution in [0.3, 0.4) is 0 Å². The maximum absolute atomic E-state index is 11.1. The Bertz CT molecular complexity index is 566. The van der Waals surface area contributed by atoms with Gasteiger partial charge in [0.25, 0.3) is 5.79 Å². The second-order valence-electron chi connectivity index (χ2n) is 5.27. The molecule has 0 radical (unpaired) electrons. The van der Waals surface area contributed by atoms with Crippen molar-refractivity contribution >= 4 is 22.0 Å². The first kappa shape index (κ1) is 14.6. The van der Waals surface area contributed by atoms with Crippen molar-refractivity contribution in [3.05, 3.63) is 28.2 Å². The summed E-state index contributed by atoms with van der Waals surface area (Å²) in [4.78, 5) is 11.1. The predicted octanol–water partition coefficient (Wildman–Crippen LogP) is 2.06. The van der Waals surface area contributed by atoms with Gasteiger partial charge in [-0.3, -0.25) is 0 Å². The number of hydrogen-bond acceptors (Lipinski definition) is 5. The molecule has 1 amide bonds. The molecule has 7 heteroatoms. The van der Waals surface area contributed by atoms with Crippen molar-refractivity contribution in [2.45, 2.75) is 43.9 Å². The summed E-state index contributed by atoms with van der Waals surface area (Å²) in [7, 11) is 0. The predicted molar refractivity (Wildman–Crippen MR) is 76.6 cm³/mol. The van der Waals surface area contributed by atoms with Crippen LogP contribution in [-0.2, 0) is 16.1 Å². The largest absolute Gasteiger partial charge is 0.458 e. The number of carbonyl (C=O) groups excluding carboxylic acids is 1. The molecule has 3 N–H and O–H groups in total. The topological polar surface area (TPSA) is 91.0 Å². The third-order valence-corrected chi connectivity index (χ3v) is 4.32. The second-order valence-corrected chi connectivity index (χ2v) is 6.19. The van der Waals surface area contributed by atoms with Crippen LogP contribution in [0.4, 0.5) is 4.79 Å². The van der Waals surface area contributed by atoms with E-state index >= 15 is 0 Å². The number of primary amides is 1. The van der Waals surface area contributed by atoms with Gasteiger partial charge in [0.1, 0.15) is 5.75 Å². The average molecular weight is 358 g/mol. The van der Waals surface area contributed by atoms with Crippen molar-refractivity contribution in [3.8, 4) is 5.75 Å². The molecular weight excluding hydrogens is 342 g/mol. The normalized spacial score (nSPS) is 31.3. The van der Waals surface area contributed by atoms with E-state index in [1.807, 2.05) is 18.2 Å². The highest BCUT2D eigenvalue weighted by molar-refractivity contribution is 9.10. The minimum Gasteiger partial charge on any atom is -0.458 e. The summed E-state index contributed by atoms with van der Waals surface area (Å²) in [5.74, 6) is -0.510. The Balaban J connectivity index is 1.92. The molecule has 1 aromatic carbocycles. The van der Waals surface area contributed by atoms with Gasteiger partial charge >= 0.3 is 6.09 Å². The van der Waals surface area contributed by atoms with E-state index in [1.54, 1.807) is 0 Å². The SMILES string of the molecule is NC(=O)O[C@@H]1[C@H](O)CCC[C@@]12OCc1cc(Br)ccc1O2. The van der Waals surface area contributed by atoms with E-state index in [-0.39, 0.29) is 0 Å². The van der Waals surface area contributed by atoms with Crippen LogP contribution in [-0.4, -0.2) is 29.2 Å². The first-order valence-electron chi connectivity index (χ1n) is 6.76. The fourth-order valence-corrected chi connectivity index (χ4v) is 3.29. The summed E-state index contributed by atoms with van der Waals surface area (Å²) in [6.45, 7) is 0.320. The number of amides is 1. The van der Waals surface area contributed by atoms with Crippen molar-refractivity contribution in [1.29, 1.82) is 0 Å². The molecule has 1 aliphatic carbocycles. The lowest BCUT2D eigenvalue weighted by Crippen LogP contribution is -2.60. The summed E-state index contributed by atoms with van der Waals surface area (Å²) < 4.78 is 17.8. The van der Waals surface area contributed by atoms with E-state index < -0.39 is 24.1 Å². The number of carbonyl (C=O) groups is 1. The molecule has 3 atom stereocenters. The van der Waals surface area contributed by atoms with E-state index in [0.717, 1.165) is 10.0 Å². The van der Waals surface area contributed by atoms with Crippen LogP contribution in [0.1, 0.15) is 24.8 Å². The molecule has 1 saturated carbocycles. The Labute approximate surface area is 130 Å². The zero-order valence-electron chi connectivity index (χ0n) is 11.3. The molecule has 0 saturated heterocycles. The molecule has 2 aliphatic rings. The molecule has 21 heavy (non-hydrogen) atoms. The lowest BCUT2D eigenvalue weighted by Gasteiger charge is -2.46. The van der Waals surface area contributed by atoms with Crippen molar-refractivity contribution in [2.75, 3.05) is 0 Å². The van der Waals surface area contributed by atoms with Crippen LogP contribution in [0, 0.1) is 0 Å². The monoisotopic (exact) mass is 357 g/mol. The van der Waals surface area contributed by atoms with E-state index in [4.69, 9.17) is 19.9 Å². The Morgan fingerprint density at radius 1 is 1.52 bits per heavy atom. The fraction of sp³-hybridized carbons (Fsp3) is 0.500. The maximum Gasteiger partial charge on any atom is 0.405 e. The van der Waals surface area contributed by atoms with Gasteiger partial charge in [-0.2, -0.15) is 0 Å². The van der Waals surface area contributed by atoms with E-state index in [1.165, 1.54) is 0 Å². The highest BCUT2D eigenvalue weighted by Crippen LogP contribution is 2.42. The quantitative estimate of drug-likeness (QED) is 0.802. The van der Waals surface area contributed by atoms with Crippen molar-refractivity contribution in [1.82, 2.24) is 0 Å². The summed E-state index contributed by atoms with van der Waals surface area (Å²) in [5.41, 5.74) is 6.00. The number of fused-ring (bicyclic) bond motifs is 1. The molecule has 1 aliphatic heterocycles. The zero-order chi connectivity index (χ0) is 15.0. The van der Waals surface area contributed by atoms with Crippen LogP contribution in [0.15, 0.2) is 22.7 Å². The molecule has 1 aromatic rings. The van der Waals surface area contributed by atoms with Gasteiger partial charge in [-0.25, -0.2) is 4.79 Å². The Hall–Kier alpha value is -1.31. The summed E-state index contributed by atoms with van der Waals surface area (Å²) in [6, 6.07) is 5.60. The first-order valence-corrected chi connectivity index (χ1v) is 7.55. The van der Waals surface area contributed by atoms with Crippen LogP contribution >= 0.6 is 15.9 Å². The lowest BCUT2D eigenvalue weighted by molar-refractivity contribution is -0.287. The second kappa shape index (κ2) is 5.47. The fourth-order valence-electron chi connectivity index (χ4n) is 2.88. The molecule has 6 nitrogen and oxygen atoms in total. The molecule has 1 heterocycles. The molecule has 0 aromatic heterocycles. The number of aliphatic hydroxyl groups is 1. The Morgan fingerprint density at radius 2 is 2.33 bits per heavy atom. The molecule has 3 rings (SSSR count). The number of hydrogen-bond donors (Lipinski definition) is 2. The lowest BCUT2D eigenvalue weighted by atomic mass is 9.87. The average Bonchev–Trinajstić information content (AvgIpc) is 2.43. The van der Waals surface area contributed by atoms with Crippen LogP contribution in [0.5, 0.6) is 5.75 Å². The summed E-state index contributed by atoms with van der Waals surface area (Å²) >= 11 is 3.40. The summed E-state index contributed by atoms with van der Waals surface area (Å²) in [6.07, 6.45) is -0.985. The number of aliphatic hydroxyl groups excluding tert-OH is 1.